The topological polar surface area (TPSA) is 78.5 Å². The fourth-order valence-corrected chi connectivity index (χ4v) is 2.60. The zero-order valence-electron chi connectivity index (χ0n) is 9.29. The van der Waals surface area contributed by atoms with E-state index in [0.717, 1.165) is 0 Å². The molecule has 2 aliphatic rings. The molecule has 94 valence electrons. The van der Waals surface area contributed by atoms with Crippen LogP contribution in [0.2, 0.25) is 0 Å². The quantitative estimate of drug-likeness (QED) is 0.555. The van der Waals surface area contributed by atoms with Gasteiger partial charge in [-0.25, -0.2) is 4.79 Å². The fraction of sp³-hybridized carbons (Fsp3) is 0.700. The zero-order chi connectivity index (χ0) is 12.5. The van der Waals surface area contributed by atoms with Crippen LogP contribution in [0.5, 0.6) is 0 Å². The van der Waals surface area contributed by atoms with E-state index in [-0.39, 0.29) is 11.8 Å². The summed E-state index contributed by atoms with van der Waals surface area (Å²) >= 11 is 3.23. The van der Waals surface area contributed by atoms with Gasteiger partial charge in [-0.15, -0.1) is 0 Å². The molecule has 0 aliphatic carbocycles. The van der Waals surface area contributed by atoms with Gasteiger partial charge in [-0.3, -0.25) is 14.9 Å². The van der Waals surface area contributed by atoms with E-state index in [9.17, 15) is 14.4 Å². The normalized spacial score (nSPS) is 22.5. The van der Waals surface area contributed by atoms with Crippen molar-refractivity contribution in [3.05, 3.63) is 0 Å². The summed E-state index contributed by atoms with van der Waals surface area (Å²) in [6.45, 7) is 1.03. The van der Waals surface area contributed by atoms with Gasteiger partial charge in [0.15, 0.2) is 0 Å². The van der Waals surface area contributed by atoms with Crippen LogP contribution >= 0.6 is 15.9 Å². The van der Waals surface area contributed by atoms with Crippen molar-refractivity contribution in [2.45, 2.75) is 24.8 Å². The summed E-state index contributed by atoms with van der Waals surface area (Å²) < 4.78 is 0. The summed E-state index contributed by atoms with van der Waals surface area (Å²) in [4.78, 5) is 36.2. The lowest BCUT2D eigenvalue weighted by Crippen LogP contribution is -2.55. The highest BCUT2D eigenvalue weighted by atomic mass is 79.9. The molecular weight excluding hydrogens is 290 g/mol. The maximum atomic E-state index is 11.7. The number of hydrogen-bond acceptors (Lipinski definition) is 3. The zero-order valence-corrected chi connectivity index (χ0v) is 10.9. The molecule has 2 fully saturated rings. The third kappa shape index (κ3) is 2.29. The van der Waals surface area contributed by atoms with Gasteiger partial charge in [0.25, 0.3) is 5.91 Å². The molecule has 0 saturated carbocycles. The standard InChI is InChI=1S/C10H14BrN3O3/c11-4-1-7(15)14-5-2-10(3-6-14)8(16)12-9(17)13-10/h1-6H2,(H2,12,13,16,17). The molecule has 2 heterocycles. The van der Waals surface area contributed by atoms with Crippen LogP contribution in [0.25, 0.3) is 0 Å². The minimum absolute atomic E-state index is 0.0847. The molecule has 0 radical (unpaired) electrons. The second-order valence-electron chi connectivity index (χ2n) is 4.31. The molecule has 0 aromatic heterocycles. The van der Waals surface area contributed by atoms with Gasteiger partial charge in [0.1, 0.15) is 5.54 Å². The highest BCUT2D eigenvalue weighted by Crippen LogP contribution is 2.25. The monoisotopic (exact) mass is 303 g/mol. The molecule has 6 nitrogen and oxygen atoms in total. The summed E-state index contributed by atoms with van der Waals surface area (Å²) in [5.41, 5.74) is -0.789. The van der Waals surface area contributed by atoms with Gasteiger partial charge in [0.05, 0.1) is 0 Å². The first kappa shape index (κ1) is 12.3. The molecule has 2 rings (SSSR count). The summed E-state index contributed by atoms with van der Waals surface area (Å²) in [6, 6.07) is -0.435. The number of carbonyl (C=O) groups is 3. The van der Waals surface area contributed by atoms with Crippen LogP contribution in [0.4, 0.5) is 4.79 Å². The summed E-state index contributed by atoms with van der Waals surface area (Å²) in [7, 11) is 0. The van der Waals surface area contributed by atoms with Gasteiger partial charge in [-0.2, -0.15) is 0 Å². The average Bonchev–Trinajstić information content (AvgIpc) is 2.55. The molecule has 17 heavy (non-hydrogen) atoms. The lowest BCUT2D eigenvalue weighted by molar-refractivity contribution is -0.135. The summed E-state index contributed by atoms with van der Waals surface area (Å²) in [5.74, 6) is -0.184. The van der Waals surface area contributed by atoms with Crippen molar-refractivity contribution in [1.29, 1.82) is 0 Å². The van der Waals surface area contributed by atoms with Gasteiger partial charge in [-0.1, -0.05) is 15.9 Å². The predicted octanol–water partition coefficient (Wildman–Crippen LogP) is -0.0280. The van der Waals surface area contributed by atoms with E-state index in [1.165, 1.54) is 0 Å². The molecular formula is C10H14BrN3O3. The van der Waals surface area contributed by atoms with Gasteiger partial charge in [0.2, 0.25) is 5.91 Å². The SMILES string of the molecule is O=C1NC(=O)C2(CCN(C(=O)CCBr)CC2)N1. The largest absolute Gasteiger partial charge is 0.342 e. The van der Waals surface area contributed by atoms with Crippen LogP contribution in [-0.2, 0) is 9.59 Å². The predicted molar refractivity (Wildman–Crippen MR) is 63.6 cm³/mol. The smallest absolute Gasteiger partial charge is 0.322 e. The Morgan fingerprint density at radius 2 is 2.00 bits per heavy atom. The molecule has 4 amide bonds. The van der Waals surface area contributed by atoms with Crippen molar-refractivity contribution >= 4 is 33.8 Å². The number of halogens is 1. The number of amides is 4. The van der Waals surface area contributed by atoms with E-state index in [2.05, 4.69) is 26.6 Å². The first-order valence-corrected chi connectivity index (χ1v) is 6.67. The molecule has 0 bridgehead atoms. The molecule has 0 aromatic rings. The highest BCUT2D eigenvalue weighted by Gasteiger charge is 2.48. The summed E-state index contributed by atoms with van der Waals surface area (Å²) in [6.07, 6.45) is 1.43. The Balaban J connectivity index is 1.96. The Labute approximate surface area is 107 Å². The van der Waals surface area contributed by atoms with Gasteiger partial charge >= 0.3 is 6.03 Å². The number of nitrogens with zero attached hydrogens (tertiary/aromatic N) is 1. The Kier molecular flexibility index (Phi) is 3.37. The number of imide groups is 1. The van der Waals surface area contributed by atoms with Crippen molar-refractivity contribution in [2.24, 2.45) is 0 Å². The van der Waals surface area contributed by atoms with Crippen molar-refractivity contribution in [2.75, 3.05) is 18.4 Å². The van der Waals surface area contributed by atoms with E-state index in [1.54, 1.807) is 4.90 Å². The lowest BCUT2D eigenvalue weighted by Gasteiger charge is -2.36. The number of piperidine rings is 1. The van der Waals surface area contributed by atoms with E-state index in [4.69, 9.17) is 0 Å². The second kappa shape index (κ2) is 4.64. The van der Waals surface area contributed by atoms with Crippen LogP contribution < -0.4 is 10.6 Å². The molecule has 2 aliphatic heterocycles. The number of rotatable bonds is 2. The van der Waals surface area contributed by atoms with E-state index >= 15 is 0 Å². The van der Waals surface area contributed by atoms with E-state index < -0.39 is 11.6 Å². The highest BCUT2D eigenvalue weighted by molar-refractivity contribution is 9.09. The number of likely N-dealkylation sites (tertiary alicyclic amines) is 1. The number of urea groups is 1. The third-order valence-corrected chi connectivity index (χ3v) is 3.69. The second-order valence-corrected chi connectivity index (χ2v) is 5.10. The number of carbonyl (C=O) groups excluding carboxylic acids is 3. The van der Waals surface area contributed by atoms with Crippen LogP contribution in [0.1, 0.15) is 19.3 Å². The number of alkyl halides is 1. The molecule has 7 heteroatoms. The van der Waals surface area contributed by atoms with E-state index in [0.29, 0.717) is 37.7 Å². The Morgan fingerprint density at radius 1 is 1.35 bits per heavy atom. The lowest BCUT2D eigenvalue weighted by atomic mass is 9.87. The van der Waals surface area contributed by atoms with E-state index in [1.807, 2.05) is 0 Å². The Hall–Kier alpha value is -1.11. The van der Waals surface area contributed by atoms with Crippen LogP contribution in [-0.4, -0.2) is 46.7 Å². The molecule has 0 unspecified atom stereocenters. The third-order valence-electron chi connectivity index (χ3n) is 3.29. The number of nitrogens with one attached hydrogen (secondary N) is 2. The number of hydrogen-bond donors (Lipinski definition) is 2. The van der Waals surface area contributed by atoms with Crippen LogP contribution in [0.3, 0.4) is 0 Å². The molecule has 0 aromatic carbocycles. The maximum absolute atomic E-state index is 11.7. The van der Waals surface area contributed by atoms with Crippen LogP contribution in [0.15, 0.2) is 0 Å². The fourth-order valence-electron chi connectivity index (χ4n) is 2.26. The van der Waals surface area contributed by atoms with Gasteiger partial charge in [0, 0.05) is 24.8 Å². The van der Waals surface area contributed by atoms with Crippen LogP contribution in [0, 0.1) is 0 Å². The van der Waals surface area contributed by atoms with Crippen molar-refractivity contribution in [1.82, 2.24) is 15.5 Å². The average molecular weight is 304 g/mol. The minimum Gasteiger partial charge on any atom is -0.342 e. The first-order chi connectivity index (χ1) is 8.07. The Bertz CT molecular complexity index is 364. The van der Waals surface area contributed by atoms with Gasteiger partial charge < -0.3 is 10.2 Å². The van der Waals surface area contributed by atoms with Crippen molar-refractivity contribution < 1.29 is 14.4 Å². The van der Waals surface area contributed by atoms with Crippen molar-refractivity contribution in [3.8, 4) is 0 Å². The van der Waals surface area contributed by atoms with Gasteiger partial charge in [-0.05, 0) is 12.8 Å². The maximum Gasteiger partial charge on any atom is 0.322 e. The molecule has 2 N–H and O–H groups in total. The van der Waals surface area contributed by atoms with Crippen molar-refractivity contribution in [3.63, 3.8) is 0 Å². The molecule has 2 saturated heterocycles. The Morgan fingerprint density at radius 3 is 2.47 bits per heavy atom. The summed E-state index contributed by atoms with van der Waals surface area (Å²) in [5, 5.41) is 5.55. The molecule has 1 spiro atoms. The molecule has 0 atom stereocenters. The first-order valence-electron chi connectivity index (χ1n) is 5.55. The minimum atomic E-state index is -0.789.